The van der Waals surface area contributed by atoms with Crippen LogP contribution >= 0.6 is 11.6 Å². The van der Waals surface area contributed by atoms with Gasteiger partial charge in [-0.2, -0.15) is 5.10 Å². The summed E-state index contributed by atoms with van der Waals surface area (Å²) >= 11 is 5.83. The van der Waals surface area contributed by atoms with Crippen molar-refractivity contribution >= 4 is 17.3 Å². The van der Waals surface area contributed by atoms with Gasteiger partial charge in [-0.05, 0) is 26.9 Å². The third-order valence-electron chi connectivity index (χ3n) is 3.17. The van der Waals surface area contributed by atoms with Gasteiger partial charge in [0.2, 0.25) is 0 Å². The van der Waals surface area contributed by atoms with Crippen LogP contribution < -0.4 is 4.90 Å². The summed E-state index contributed by atoms with van der Waals surface area (Å²) in [5.41, 5.74) is 1.08. The van der Waals surface area contributed by atoms with Gasteiger partial charge in [-0.1, -0.05) is 11.6 Å². The Kier molecular flexibility index (Phi) is 3.61. The van der Waals surface area contributed by atoms with E-state index in [0.717, 1.165) is 18.8 Å². The Balaban J connectivity index is 1.99. The van der Waals surface area contributed by atoms with E-state index in [0.29, 0.717) is 11.2 Å². The molecule has 0 aliphatic carbocycles. The lowest BCUT2D eigenvalue weighted by atomic mass is 10.0. The largest absolute Gasteiger partial charge is 0.370 e. The van der Waals surface area contributed by atoms with E-state index in [9.17, 15) is 0 Å². The van der Waals surface area contributed by atoms with Crippen molar-refractivity contribution in [3.63, 3.8) is 0 Å². The third kappa shape index (κ3) is 2.62. The fourth-order valence-electron chi connectivity index (χ4n) is 2.14. The molecular formula is C11H17ClN4. The standard InChI is InChI=1S/C11H17ClN4/c1-15(2)9-3-5-16(6-4-9)10-7-11(12)14-13-8-10/h7-9H,3-6H2,1-2H3. The number of anilines is 1. The van der Waals surface area contributed by atoms with Gasteiger partial charge >= 0.3 is 0 Å². The van der Waals surface area contributed by atoms with Gasteiger partial charge in [0.15, 0.2) is 5.15 Å². The maximum atomic E-state index is 5.83. The van der Waals surface area contributed by atoms with Gasteiger partial charge in [0, 0.05) is 25.2 Å². The van der Waals surface area contributed by atoms with Crippen LogP contribution in [-0.2, 0) is 0 Å². The highest BCUT2D eigenvalue weighted by molar-refractivity contribution is 6.29. The second-order valence-corrected chi connectivity index (χ2v) is 4.81. The maximum Gasteiger partial charge on any atom is 0.153 e. The van der Waals surface area contributed by atoms with Crippen LogP contribution in [0.4, 0.5) is 5.69 Å². The SMILES string of the molecule is CN(C)C1CCN(c2cnnc(Cl)c2)CC1. The number of aromatic nitrogens is 2. The quantitative estimate of drug-likeness (QED) is 0.787. The average molecular weight is 241 g/mol. The lowest BCUT2D eigenvalue weighted by Gasteiger charge is -2.36. The lowest BCUT2D eigenvalue weighted by molar-refractivity contribution is 0.249. The molecule has 2 heterocycles. The van der Waals surface area contributed by atoms with E-state index in [4.69, 9.17) is 11.6 Å². The first-order valence-electron chi connectivity index (χ1n) is 5.56. The smallest absolute Gasteiger partial charge is 0.153 e. The first-order valence-corrected chi connectivity index (χ1v) is 5.94. The van der Waals surface area contributed by atoms with E-state index < -0.39 is 0 Å². The first-order chi connectivity index (χ1) is 7.66. The lowest BCUT2D eigenvalue weighted by Crippen LogP contribution is -2.42. The van der Waals surface area contributed by atoms with Crippen LogP contribution in [0.2, 0.25) is 5.15 Å². The van der Waals surface area contributed by atoms with Gasteiger partial charge in [0.1, 0.15) is 0 Å². The van der Waals surface area contributed by atoms with Crippen molar-refractivity contribution in [2.45, 2.75) is 18.9 Å². The van der Waals surface area contributed by atoms with E-state index in [2.05, 4.69) is 34.1 Å². The third-order valence-corrected chi connectivity index (χ3v) is 3.35. The van der Waals surface area contributed by atoms with Gasteiger partial charge in [-0.25, -0.2) is 0 Å². The zero-order valence-corrected chi connectivity index (χ0v) is 10.5. The van der Waals surface area contributed by atoms with Crippen molar-refractivity contribution in [1.82, 2.24) is 15.1 Å². The molecule has 16 heavy (non-hydrogen) atoms. The maximum absolute atomic E-state index is 5.83. The summed E-state index contributed by atoms with van der Waals surface area (Å²) in [6.45, 7) is 2.12. The molecule has 0 unspecified atom stereocenters. The second kappa shape index (κ2) is 4.97. The fourth-order valence-corrected chi connectivity index (χ4v) is 2.30. The van der Waals surface area contributed by atoms with E-state index in [1.54, 1.807) is 6.20 Å². The van der Waals surface area contributed by atoms with Crippen molar-refractivity contribution in [2.24, 2.45) is 0 Å². The number of rotatable bonds is 2. The topological polar surface area (TPSA) is 32.3 Å². The molecule has 0 amide bonds. The Morgan fingerprint density at radius 3 is 2.62 bits per heavy atom. The van der Waals surface area contributed by atoms with Crippen LogP contribution in [-0.4, -0.2) is 48.3 Å². The van der Waals surface area contributed by atoms with Crippen LogP contribution in [0.15, 0.2) is 12.3 Å². The number of hydrogen-bond acceptors (Lipinski definition) is 4. The minimum atomic E-state index is 0.465. The number of piperidine rings is 1. The van der Waals surface area contributed by atoms with Gasteiger partial charge in [-0.15, -0.1) is 5.10 Å². The molecule has 0 radical (unpaired) electrons. The van der Waals surface area contributed by atoms with E-state index in [1.165, 1.54) is 12.8 Å². The molecule has 5 heteroatoms. The molecule has 0 bridgehead atoms. The molecule has 1 aliphatic heterocycles. The Morgan fingerprint density at radius 2 is 2.06 bits per heavy atom. The van der Waals surface area contributed by atoms with Gasteiger partial charge in [-0.3, -0.25) is 0 Å². The molecule has 1 fully saturated rings. The molecule has 1 aromatic heterocycles. The van der Waals surface area contributed by atoms with Crippen molar-refractivity contribution in [3.05, 3.63) is 17.4 Å². The van der Waals surface area contributed by atoms with Crippen LogP contribution in [0.25, 0.3) is 0 Å². The normalized spacial score (nSPS) is 18.1. The number of hydrogen-bond donors (Lipinski definition) is 0. The van der Waals surface area contributed by atoms with Crippen LogP contribution in [0.1, 0.15) is 12.8 Å². The molecule has 1 aromatic rings. The molecule has 0 saturated carbocycles. The van der Waals surface area contributed by atoms with Gasteiger partial charge in [0.05, 0.1) is 11.9 Å². The van der Waals surface area contributed by atoms with Crippen molar-refractivity contribution in [3.8, 4) is 0 Å². The zero-order valence-electron chi connectivity index (χ0n) is 9.73. The minimum absolute atomic E-state index is 0.465. The van der Waals surface area contributed by atoms with Crippen LogP contribution in [0, 0.1) is 0 Å². The highest BCUT2D eigenvalue weighted by Crippen LogP contribution is 2.22. The highest BCUT2D eigenvalue weighted by Gasteiger charge is 2.20. The van der Waals surface area contributed by atoms with E-state index in [-0.39, 0.29) is 0 Å². The van der Waals surface area contributed by atoms with Crippen molar-refractivity contribution in [1.29, 1.82) is 0 Å². The molecule has 0 atom stereocenters. The Labute approximate surface area is 101 Å². The van der Waals surface area contributed by atoms with E-state index >= 15 is 0 Å². The minimum Gasteiger partial charge on any atom is -0.370 e. The summed E-state index contributed by atoms with van der Waals surface area (Å²) in [6, 6.07) is 2.58. The average Bonchev–Trinajstić information content (AvgIpc) is 2.29. The monoisotopic (exact) mass is 240 g/mol. The Hall–Kier alpha value is -0.870. The summed E-state index contributed by atoms with van der Waals surface area (Å²) < 4.78 is 0. The molecular weight excluding hydrogens is 224 g/mol. The molecule has 1 aliphatic rings. The number of nitrogens with zero attached hydrogens (tertiary/aromatic N) is 4. The van der Waals surface area contributed by atoms with Crippen LogP contribution in [0.5, 0.6) is 0 Å². The van der Waals surface area contributed by atoms with Crippen LogP contribution in [0.3, 0.4) is 0 Å². The summed E-state index contributed by atoms with van der Waals surface area (Å²) in [7, 11) is 4.29. The molecule has 0 aromatic carbocycles. The molecule has 1 saturated heterocycles. The summed E-state index contributed by atoms with van der Waals surface area (Å²) in [5.74, 6) is 0. The predicted molar refractivity (Wildman–Crippen MR) is 66.0 cm³/mol. The molecule has 88 valence electrons. The summed E-state index contributed by atoms with van der Waals surface area (Å²) in [6.07, 6.45) is 4.15. The van der Waals surface area contributed by atoms with Crippen molar-refractivity contribution in [2.75, 3.05) is 32.1 Å². The van der Waals surface area contributed by atoms with Gasteiger partial charge < -0.3 is 9.80 Å². The predicted octanol–water partition coefficient (Wildman–Crippen LogP) is 1.66. The fraction of sp³-hybridized carbons (Fsp3) is 0.636. The van der Waals surface area contributed by atoms with E-state index in [1.807, 2.05) is 6.07 Å². The Bertz CT molecular complexity index is 348. The zero-order chi connectivity index (χ0) is 11.5. The Morgan fingerprint density at radius 1 is 1.38 bits per heavy atom. The van der Waals surface area contributed by atoms with Gasteiger partial charge in [0.25, 0.3) is 0 Å². The highest BCUT2D eigenvalue weighted by atomic mass is 35.5. The second-order valence-electron chi connectivity index (χ2n) is 4.42. The first kappa shape index (κ1) is 11.6. The molecule has 0 N–H and O–H groups in total. The molecule has 4 nitrogen and oxygen atoms in total. The summed E-state index contributed by atoms with van der Waals surface area (Å²) in [4.78, 5) is 4.62. The van der Waals surface area contributed by atoms with Crippen molar-refractivity contribution < 1.29 is 0 Å². The molecule has 0 spiro atoms. The number of halogens is 1. The summed E-state index contributed by atoms with van der Waals surface area (Å²) in [5, 5.41) is 8.10. The molecule has 2 rings (SSSR count).